The molecule has 1 aliphatic rings. The van der Waals surface area contributed by atoms with E-state index in [9.17, 15) is 9.59 Å². The van der Waals surface area contributed by atoms with Crippen LogP contribution in [0.4, 0.5) is 0 Å². The Morgan fingerprint density at radius 3 is 2.63 bits per heavy atom. The predicted octanol–water partition coefficient (Wildman–Crippen LogP) is 3.59. The molecule has 1 aliphatic heterocycles. The molecule has 8 heteroatoms. The maximum absolute atomic E-state index is 12.5. The number of fused-ring (bicyclic) bond motifs is 1. The number of benzene rings is 1. The monoisotopic (exact) mass is 393 g/mol. The first-order valence-electron chi connectivity index (χ1n) is 8.53. The van der Waals surface area contributed by atoms with Crippen molar-refractivity contribution < 1.29 is 28.5 Å². The Kier molecular flexibility index (Phi) is 5.60. The van der Waals surface area contributed by atoms with Crippen LogP contribution in [-0.2, 0) is 16.1 Å². The second-order valence-electron chi connectivity index (χ2n) is 6.02. The van der Waals surface area contributed by atoms with Gasteiger partial charge in [0.15, 0.2) is 11.5 Å². The Labute approximate surface area is 161 Å². The fourth-order valence-electron chi connectivity index (χ4n) is 2.93. The minimum absolute atomic E-state index is 0.00143. The molecule has 0 saturated heterocycles. The molecule has 27 heavy (non-hydrogen) atoms. The van der Waals surface area contributed by atoms with Crippen LogP contribution < -0.4 is 9.47 Å². The molecule has 7 nitrogen and oxygen atoms in total. The highest BCUT2D eigenvalue weighted by atomic mass is 35.5. The Bertz CT molecular complexity index is 889. The van der Waals surface area contributed by atoms with Crippen LogP contribution in [0.5, 0.6) is 11.5 Å². The molecule has 0 unspecified atom stereocenters. The highest BCUT2D eigenvalue weighted by Crippen LogP contribution is 2.38. The van der Waals surface area contributed by atoms with E-state index in [1.807, 2.05) is 0 Å². The molecule has 0 atom stereocenters. The van der Waals surface area contributed by atoms with Gasteiger partial charge in [-0.2, -0.15) is 0 Å². The van der Waals surface area contributed by atoms with E-state index < -0.39 is 11.9 Å². The first kappa shape index (κ1) is 19.1. The minimum Gasteiger partial charge on any atom is -0.486 e. The average Bonchev–Trinajstić information content (AvgIpc) is 2.94. The average molecular weight is 394 g/mol. The molecule has 0 aliphatic carbocycles. The Morgan fingerprint density at radius 2 is 1.89 bits per heavy atom. The summed E-state index contributed by atoms with van der Waals surface area (Å²) in [6.07, 6.45) is 0. The quantitative estimate of drug-likeness (QED) is 0.781. The van der Waals surface area contributed by atoms with Crippen molar-refractivity contribution in [1.82, 2.24) is 4.98 Å². The van der Waals surface area contributed by atoms with Crippen LogP contribution in [0.1, 0.15) is 44.6 Å². The summed E-state index contributed by atoms with van der Waals surface area (Å²) in [5.41, 5.74) is 2.30. The van der Waals surface area contributed by atoms with E-state index in [2.05, 4.69) is 4.98 Å². The van der Waals surface area contributed by atoms with Crippen molar-refractivity contribution in [3.05, 3.63) is 45.2 Å². The largest absolute Gasteiger partial charge is 0.486 e. The van der Waals surface area contributed by atoms with Gasteiger partial charge < -0.3 is 23.9 Å². The van der Waals surface area contributed by atoms with E-state index >= 15 is 0 Å². The van der Waals surface area contributed by atoms with Crippen LogP contribution in [0.25, 0.3) is 0 Å². The standard InChI is InChI=1S/C19H20ClNO6/c1-4-24-18(22)15-10(2)16(21-11(15)3)19(23)27-9-12-7-13(20)17-14(8-12)25-5-6-26-17/h7-8,21H,4-6,9H2,1-3H3. The number of aromatic nitrogens is 1. The third kappa shape index (κ3) is 3.88. The third-order valence-electron chi connectivity index (χ3n) is 4.15. The van der Waals surface area contributed by atoms with Crippen molar-refractivity contribution in [3.8, 4) is 11.5 Å². The normalized spacial score (nSPS) is 12.6. The highest BCUT2D eigenvalue weighted by molar-refractivity contribution is 6.32. The summed E-state index contributed by atoms with van der Waals surface area (Å²) in [6, 6.07) is 3.39. The maximum Gasteiger partial charge on any atom is 0.355 e. The maximum atomic E-state index is 12.5. The van der Waals surface area contributed by atoms with Gasteiger partial charge in [-0.15, -0.1) is 0 Å². The third-order valence-corrected chi connectivity index (χ3v) is 4.43. The zero-order valence-corrected chi connectivity index (χ0v) is 16.1. The predicted molar refractivity (Wildman–Crippen MR) is 97.8 cm³/mol. The number of esters is 2. The summed E-state index contributed by atoms with van der Waals surface area (Å²) in [5.74, 6) is -0.0252. The number of aryl methyl sites for hydroxylation is 1. The van der Waals surface area contributed by atoms with Crippen molar-refractivity contribution in [2.24, 2.45) is 0 Å². The molecule has 0 radical (unpaired) electrons. The van der Waals surface area contributed by atoms with E-state index in [0.717, 1.165) is 0 Å². The minimum atomic E-state index is -0.572. The number of ether oxygens (including phenoxy) is 4. The second kappa shape index (κ2) is 7.92. The van der Waals surface area contributed by atoms with Crippen molar-refractivity contribution in [1.29, 1.82) is 0 Å². The summed E-state index contributed by atoms with van der Waals surface area (Å²) < 4.78 is 21.4. The van der Waals surface area contributed by atoms with Gasteiger partial charge >= 0.3 is 11.9 Å². The molecule has 0 saturated carbocycles. The number of hydrogen-bond acceptors (Lipinski definition) is 6. The summed E-state index contributed by atoms with van der Waals surface area (Å²) in [5, 5.41) is 0.398. The molecule has 2 aromatic rings. The summed E-state index contributed by atoms with van der Waals surface area (Å²) in [4.78, 5) is 27.4. The molecule has 144 valence electrons. The Balaban J connectivity index is 1.74. The van der Waals surface area contributed by atoms with Gasteiger partial charge in [0.25, 0.3) is 0 Å². The molecule has 1 aromatic heterocycles. The first-order chi connectivity index (χ1) is 12.9. The lowest BCUT2D eigenvalue weighted by atomic mass is 10.1. The number of rotatable bonds is 5. The van der Waals surface area contributed by atoms with Gasteiger partial charge in [-0.25, -0.2) is 9.59 Å². The van der Waals surface area contributed by atoms with Crippen LogP contribution in [0, 0.1) is 13.8 Å². The number of hydrogen-bond donors (Lipinski definition) is 1. The topological polar surface area (TPSA) is 86.9 Å². The lowest BCUT2D eigenvalue weighted by Crippen LogP contribution is -2.16. The molecule has 0 amide bonds. The summed E-state index contributed by atoms with van der Waals surface area (Å²) >= 11 is 6.19. The molecule has 2 heterocycles. The van der Waals surface area contributed by atoms with Crippen molar-refractivity contribution in [2.45, 2.75) is 27.4 Å². The van der Waals surface area contributed by atoms with E-state index in [4.69, 9.17) is 30.5 Å². The first-order valence-corrected chi connectivity index (χ1v) is 8.91. The van der Waals surface area contributed by atoms with Crippen LogP contribution in [0.2, 0.25) is 5.02 Å². The summed E-state index contributed by atoms with van der Waals surface area (Å²) in [6.45, 7) is 6.24. The molecule has 0 spiro atoms. The van der Waals surface area contributed by atoms with Crippen LogP contribution in [-0.4, -0.2) is 36.7 Å². The Morgan fingerprint density at radius 1 is 1.15 bits per heavy atom. The fourth-order valence-corrected chi connectivity index (χ4v) is 3.22. The van der Waals surface area contributed by atoms with Gasteiger partial charge in [0.2, 0.25) is 0 Å². The molecular formula is C19H20ClNO6. The Hall–Kier alpha value is -2.67. The molecule has 0 fully saturated rings. The van der Waals surface area contributed by atoms with Gasteiger partial charge in [-0.3, -0.25) is 0 Å². The zero-order valence-electron chi connectivity index (χ0n) is 15.3. The van der Waals surface area contributed by atoms with Crippen LogP contribution in [0.3, 0.4) is 0 Å². The van der Waals surface area contributed by atoms with E-state index in [1.165, 1.54) is 0 Å². The van der Waals surface area contributed by atoms with E-state index in [-0.39, 0.29) is 18.9 Å². The molecule has 3 rings (SSSR count). The van der Waals surface area contributed by atoms with Gasteiger partial charge in [-0.05, 0) is 44.0 Å². The van der Waals surface area contributed by atoms with Gasteiger partial charge in [0, 0.05) is 5.69 Å². The molecule has 1 aromatic carbocycles. The summed E-state index contributed by atoms with van der Waals surface area (Å²) in [7, 11) is 0. The van der Waals surface area contributed by atoms with Gasteiger partial charge in [0.1, 0.15) is 25.5 Å². The SMILES string of the molecule is CCOC(=O)c1c(C)[nH]c(C(=O)OCc2cc(Cl)c3c(c2)OCCO3)c1C. The van der Waals surface area contributed by atoms with Gasteiger partial charge in [-0.1, -0.05) is 11.6 Å². The number of aromatic amines is 1. The zero-order chi connectivity index (χ0) is 19.6. The number of H-pyrrole nitrogens is 1. The molecule has 1 N–H and O–H groups in total. The van der Waals surface area contributed by atoms with E-state index in [0.29, 0.717) is 52.1 Å². The van der Waals surface area contributed by atoms with Crippen molar-refractivity contribution >= 4 is 23.5 Å². The highest BCUT2D eigenvalue weighted by Gasteiger charge is 2.24. The van der Waals surface area contributed by atoms with Crippen LogP contribution in [0.15, 0.2) is 12.1 Å². The van der Waals surface area contributed by atoms with Gasteiger partial charge in [0.05, 0.1) is 17.2 Å². The van der Waals surface area contributed by atoms with Crippen molar-refractivity contribution in [3.63, 3.8) is 0 Å². The number of halogens is 1. The lowest BCUT2D eigenvalue weighted by molar-refractivity contribution is 0.0464. The van der Waals surface area contributed by atoms with E-state index in [1.54, 1.807) is 32.9 Å². The molecular weight excluding hydrogens is 374 g/mol. The molecule has 0 bridgehead atoms. The number of carbonyl (C=O) groups is 2. The smallest absolute Gasteiger partial charge is 0.355 e. The van der Waals surface area contributed by atoms with Crippen molar-refractivity contribution in [2.75, 3.05) is 19.8 Å². The fraction of sp³-hybridized carbons (Fsp3) is 0.368. The number of carbonyl (C=O) groups excluding carboxylic acids is 2. The number of nitrogens with one attached hydrogen (secondary N) is 1. The second-order valence-corrected chi connectivity index (χ2v) is 6.43. The lowest BCUT2D eigenvalue weighted by Gasteiger charge is -2.20. The van der Waals surface area contributed by atoms with Crippen LogP contribution >= 0.6 is 11.6 Å².